The van der Waals surface area contributed by atoms with Gasteiger partial charge in [0.1, 0.15) is 13.2 Å². The van der Waals surface area contributed by atoms with Crippen molar-refractivity contribution in [2.45, 2.75) is 19.4 Å². The largest absolute Gasteiger partial charge is 0.473 e. The zero-order chi connectivity index (χ0) is 23.3. The number of nitrogens with two attached hydrogens (primary N) is 1. The first-order valence-corrected chi connectivity index (χ1v) is 10.2. The highest BCUT2D eigenvalue weighted by atomic mass is 19.4. The van der Waals surface area contributed by atoms with E-state index in [1.165, 1.54) is 6.07 Å². The number of hydrogen-bond donors (Lipinski definition) is 1. The van der Waals surface area contributed by atoms with Gasteiger partial charge in [-0.2, -0.15) is 18.2 Å². The second kappa shape index (κ2) is 9.65. The summed E-state index contributed by atoms with van der Waals surface area (Å²) >= 11 is 0. The summed E-state index contributed by atoms with van der Waals surface area (Å²) < 4.78 is 51.7. The molecule has 0 aliphatic carbocycles. The van der Waals surface area contributed by atoms with Crippen LogP contribution in [0.5, 0.6) is 11.8 Å². The van der Waals surface area contributed by atoms with E-state index in [-0.39, 0.29) is 23.7 Å². The molecule has 0 bridgehead atoms. The Morgan fingerprint density at radius 1 is 0.727 bits per heavy atom. The standard InChI is InChI=1S/C26H21F3N2O2/c27-26(28,29)21-13-20(14-22(30)15-21)23-11-12-24(32-16-18-7-3-1-4-8-18)31-25(23)33-17-19-9-5-2-6-10-19/h1-15H,16-17,30H2. The summed E-state index contributed by atoms with van der Waals surface area (Å²) in [7, 11) is 0. The van der Waals surface area contributed by atoms with Crippen LogP contribution in [0.4, 0.5) is 18.9 Å². The second-order valence-corrected chi connectivity index (χ2v) is 7.39. The fraction of sp³-hybridized carbons (Fsp3) is 0.115. The first-order valence-electron chi connectivity index (χ1n) is 10.2. The fourth-order valence-corrected chi connectivity index (χ4v) is 3.26. The van der Waals surface area contributed by atoms with Crippen LogP contribution in [0.25, 0.3) is 11.1 Å². The predicted molar refractivity (Wildman–Crippen MR) is 121 cm³/mol. The molecule has 0 saturated carbocycles. The Labute approximate surface area is 189 Å². The van der Waals surface area contributed by atoms with Gasteiger partial charge in [0.15, 0.2) is 0 Å². The Morgan fingerprint density at radius 3 is 1.94 bits per heavy atom. The molecule has 1 heterocycles. The molecular formula is C26H21F3N2O2. The number of pyridine rings is 1. The van der Waals surface area contributed by atoms with Gasteiger partial charge in [-0.15, -0.1) is 0 Å². The van der Waals surface area contributed by atoms with Gasteiger partial charge < -0.3 is 15.2 Å². The number of benzene rings is 3. The summed E-state index contributed by atoms with van der Waals surface area (Å²) in [6, 6.07) is 25.6. The number of alkyl halides is 3. The molecule has 0 aliphatic heterocycles. The number of nitrogen functional groups attached to an aromatic ring is 1. The average molecular weight is 450 g/mol. The lowest BCUT2D eigenvalue weighted by Crippen LogP contribution is -2.07. The molecule has 0 unspecified atom stereocenters. The zero-order valence-electron chi connectivity index (χ0n) is 17.5. The third-order valence-corrected chi connectivity index (χ3v) is 4.88. The summed E-state index contributed by atoms with van der Waals surface area (Å²) in [4.78, 5) is 4.43. The Bertz CT molecular complexity index is 1210. The van der Waals surface area contributed by atoms with Gasteiger partial charge in [0, 0.05) is 17.3 Å². The zero-order valence-corrected chi connectivity index (χ0v) is 17.5. The topological polar surface area (TPSA) is 57.4 Å². The number of rotatable bonds is 7. The van der Waals surface area contributed by atoms with Gasteiger partial charge in [0.2, 0.25) is 11.8 Å². The summed E-state index contributed by atoms with van der Waals surface area (Å²) in [6.45, 7) is 0.485. The maximum absolute atomic E-state index is 13.3. The molecular weight excluding hydrogens is 429 g/mol. The van der Waals surface area contributed by atoms with E-state index in [1.807, 2.05) is 60.7 Å². The van der Waals surface area contributed by atoms with Crippen LogP contribution in [-0.4, -0.2) is 4.98 Å². The van der Waals surface area contributed by atoms with Crippen molar-refractivity contribution >= 4 is 5.69 Å². The van der Waals surface area contributed by atoms with E-state index in [0.717, 1.165) is 23.3 Å². The quantitative estimate of drug-likeness (QED) is 0.326. The van der Waals surface area contributed by atoms with Crippen molar-refractivity contribution < 1.29 is 22.6 Å². The van der Waals surface area contributed by atoms with Crippen molar-refractivity contribution in [3.8, 4) is 22.9 Å². The highest BCUT2D eigenvalue weighted by Gasteiger charge is 2.31. The van der Waals surface area contributed by atoms with Gasteiger partial charge in [-0.3, -0.25) is 0 Å². The molecule has 0 fully saturated rings. The molecule has 33 heavy (non-hydrogen) atoms. The van der Waals surface area contributed by atoms with Gasteiger partial charge in [-0.25, -0.2) is 0 Å². The SMILES string of the molecule is Nc1cc(-c2ccc(OCc3ccccc3)nc2OCc2ccccc2)cc(C(F)(F)F)c1. The van der Waals surface area contributed by atoms with Crippen molar-refractivity contribution in [3.63, 3.8) is 0 Å². The Hall–Kier alpha value is -4.00. The minimum atomic E-state index is -4.53. The lowest BCUT2D eigenvalue weighted by atomic mass is 10.0. The number of aromatic nitrogens is 1. The first-order chi connectivity index (χ1) is 15.9. The molecule has 1 aromatic heterocycles. The summed E-state index contributed by atoms with van der Waals surface area (Å²) in [5.74, 6) is 0.453. The van der Waals surface area contributed by atoms with E-state index in [9.17, 15) is 13.2 Å². The van der Waals surface area contributed by atoms with Gasteiger partial charge in [-0.1, -0.05) is 60.7 Å². The van der Waals surface area contributed by atoms with E-state index in [2.05, 4.69) is 4.98 Å². The molecule has 0 radical (unpaired) electrons. The van der Waals surface area contributed by atoms with Crippen LogP contribution in [0.3, 0.4) is 0 Å². The Kier molecular flexibility index (Phi) is 6.49. The number of nitrogens with zero attached hydrogens (tertiary/aromatic N) is 1. The molecule has 0 spiro atoms. The van der Waals surface area contributed by atoms with Crippen molar-refractivity contribution in [3.05, 3.63) is 108 Å². The van der Waals surface area contributed by atoms with E-state index in [0.29, 0.717) is 18.1 Å². The molecule has 0 aliphatic rings. The van der Waals surface area contributed by atoms with Crippen LogP contribution >= 0.6 is 0 Å². The van der Waals surface area contributed by atoms with Crippen molar-refractivity contribution in [2.24, 2.45) is 0 Å². The second-order valence-electron chi connectivity index (χ2n) is 7.39. The number of anilines is 1. The fourth-order valence-electron chi connectivity index (χ4n) is 3.26. The number of ether oxygens (including phenoxy) is 2. The normalized spacial score (nSPS) is 11.2. The lowest BCUT2D eigenvalue weighted by Gasteiger charge is -2.15. The van der Waals surface area contributed by atoms with Crippen LogP contribution in [-0.2, 0) is 19.4 Å². The van der Waals surface area contributed by atoms with Crippen LogP contribution < -0.4 is 15.2 Å². The molecule has 4 nitrogen and oxygen atoms in total. The van der Waals surface area contributed by atoms with Crippen molar-refractivity contribution in [1.29, 1.82) is 0 Å². The minimum absolute atomic E-state index is 0.00163. The molecule has 4 rings (SSSR count). The molecule has 2 N–H and O–H groups in total. The smallest absolute Gasteiger partial charge is 0.416 e. The Morgan fingerprint density at radius 2 is 1.33 bits per heavy atom. The Balaban J connectivity index is 1.67. The maximum Gasteiger partial charge on any atom is 0.416 e. The van der Waals surface area contributed by atoms with Gasteiger partial charge >= 0.3 is 6.18 Å². The third-order valence-electron chi connectivity index (χ3n) is 4.88. The molecule has 0 amide bonds. The molecule has 4 aromatic rings. The summed E-state index contributed by atoms with van der Waals surface area (Å²) in [5.41, 5.74) is 7.42. The maximum atomic E-state index is 13.3. The van der Waals surface area contributed by atoms with E-state index in [4.69, 9.17) is 15.2 Å². The first kappa shape index (κ1) is 22.2. The molecule has 7 heteroatoms. The summed E-state index contributed by atoms with van der Waals surface area (Å²) in [5, 5.41) is 0. The van der Waals surface area contributed by atoms with Crippen LogP contribution in [0, 0.1) is 0 Å². The van der Waals surface area contributed by atoms with Crippen LogP contribution in [0.2, 0.25) is 0 Å². The van der Waals surface area contributed by atoms with Gasteiger partial charge in [0.25, 0.3) is 0 Å². The molecule has 168 valence electrons. The van der Waals surface area contributed by atoms with Gasteiger partial charge in [-0.05, 0) is 41.0 Å². The lowest BCUT2D eigenvalue weighted by molar-refractivity contribution is -0.137. The number of halogens is 3. The van der Waals surface area contributed by atoms with Crippen molar-refractivity contribution in [1.82, 2.24) is 4.98 Å². The minimum Gasteiger partial charge on any atom is -0.473 e. The van der Waals surface area contributed by atoms with E-state index < -0.39 is 11.7 Å². The highest BCUT2D eigenvalue weighted by molar-refractivity contribution is 5.73. The molecule has 0 saturated heterocycles. The average Bonchev–Trinajstić information content (AvgIpc) is 2.82. The molecule has 0 atom stereocenters. The van der Waals surface area contributed by atoms with E-state index >= 15 is 0 Å². The van der Waals surface area contributed by atoms with Crippen LogP contribution in [0.1, 0.15) is 16.7 Å². The highest BCUT2D eigenvalue weighted by Crippen LogP contribution is 2.37. The van der Waals surface area contributed by atoms with Crippen LogP contribution in [0.15, 0.2) is 91.0 Å². The van der Waals surface area contributed by atoms with Gasteiger partial charge in [0.05, 0.1) is 5.56 Å². The number of hydrogen-bond acceptors (Lipinski definition) is 4. The monoisotopic (exact) mass is 450 g/mol. The summed E-state index contributed by atoms with van der Waals surface area (Å²) in [6.07, 6.45) is -4.53. The van der Waals surface area contributed by atoms with Crippen molar-refractivity contribution in [2.75, 3.05) is 5.73 Å². The molecule has 3 aromatic carbocycles. The third kappa shape index (κ3) is 5.83. The predicted octanol–water partition coefficient (Wildman–Crippen LogP) is 6.51. The van der Waals surface area contributed by atoms with E-state index in [1.54, 1.807) is 12.1 Å².